The number of aryl methyl sites for hydroxylation is 2. The van der Waals surface area contributed by atoms with E-state index < -0.39 is 0 Å². The Morgan fingerprint density at radius 3 is 2.72 bits per heavy atom. The predicted octanol–water partition coefficient (Wildman–Crippen LogP) is 5.40. The van der Waals surface area contributed by atoms with Gasteiger partial charge >= 0.3 is 0 Å². The number of benzene rings is 1. The molecule has 0 saturated carbocycles. The first-order chi connectivity index (χ1) is 17.3. The summed E-state index contributed by atoms with van der Waals surface area (Å²) in [5.41, 5.74) is 6.05. The number of carbonyl (C=O) groups excluding carboxylic acids is 1. The second-order valence-corrected chi connectivity index (χ2v) is 10.3. The number of rotatable bonds is 5. The van der Waals surface area contributed by atoms with Crippen molar-refractivity contribution in [1.29, 1.82) is 0 Å². The zero-order valence-electron chi connectivity index (χ0n) is 21.1. The number of H-pyrrole nitrogens is 1. The number of nitrogens with zero attached hydrogens (tertiary/aromatic N) is 4. The van der Waals surface area contributed by atoms with Gasteiger partial charge in [-0.05, 0) is 60.6 Å². The van der Waals surface area contributed by atoms with Crippen LogP contribution in [-0.2, 0) is 11.8 Å². The number of aromatic amines is 1. The third kappa shape index (κ3) is 5.00. The summed E-state index contributed by atoms with van der Waals surface area (Å²) in [5.74, 6) is 0.974. The van der Waals surface area contributed by atoms with Crippen molar-refractivity contribution >= 4 is 17.4 Å². The van der Waals surface area contributed by atoms with Crippen LogP contribution in [0.1, 0.15) is 79.4 Å². The highest BCUT2D eigenvalue weighted by atomic mass is 16.5. The lowest BCUT2D eigenvalue weighted by atomic mass is 9.94. The number of aromatic nitrogens is 5. The summed E-state index contributed by atoms with van der Waals surface area (Å²) in [5, 5.41) is 17.4. The van der Waals surface area contributed by atoms with E-state index in [9.17, 15) is 4.79 Å². The van der Waals surface area contributed by atoms with E-state index in [1.807, 2.05) is 46.0 Å². The molecular formula is C27H31N7O2. The number of hydrogen-bond acceptors (Lipinski definition) is 7. The molecule has 3 heterocycles. The first-order valence-electron chi connectivity index (χ1n) is 12.3. The zero-order valence-corrected chi connectivity index (χ0v) is 21.1. The zero-order chi connectivity index (χ0) is 25.3. The molecule has 1 aromatic carbocycles. The number of fused-ring (bicyclic) bond motifs is 1. The fourth-order valence-corrected chi connectivity index (χ4v) is 4.46. The Morgan fingerprint density at radius 1 is 1.14 bits per heavy atom. The van der Waals surface area contributed by atoms with Gasteiger partial charge in [0.25, 0.3) is 11.7 Å². The van der Waals surface area contributed by atoms with E-state index in [1.165, 1.54) is 5.56 Å². The number of hydrogen-bond donors (Lipinski definition) is 3. The van der Waals surface area contributed by atoms with Crippen LogP contribution in [0, 0.1) is 6.92 Å². The van der Waals surface area contributed by atoms with Crippen LogP contribution < -0.4 is 10.6 Å². The van der Waals surface area contributed by atoms with E-state index in [2.05, 4.69) is 54.2 Å². The van der Waals surface area contributed by atoms with Gasteiger partial charge in [0.05, 0.1) is 17.4 Å². The van der Waals surface area contributed by atoms with Crippen molar-refractivity contribution in [2.45, 2.75) is 64.8 Å². The Bertz CT molecular complexity index is 1380. The molecule has 0 fully saturated rings. The van der Waals surface area contributed by atoms with Crippen molar-refractivity contribution in [2.24, 2.45) is 0 Å². The summed E-state index contributed by atoms with van der Waals surface area (Å²) in [6.07, 6.45) is 7.56. The number of nitrogens with one attached hydrogen (secondary N) is 3. The summed E-state index contributed by atoms with van der Waals surface area (Å²) < 4.78 is 5.31. The quantitative estimate of drug-likeness (QED) is 0.323. The highest BCUT2D eigenvalue weighted by Crippen LogP contribution is 2.33. The second kappa shape index (κ2) is 9.56. The largest absolute Gasteiger partial charge is 0.342 e. The summed E-state index contributed by atoms with van der Waals surface area (Å²) in [6, 6.07) is 10.4. The molecule has 9 heteroatoms. The molecule has 1 unspecified atom stereocenters. The summed E-state index contributed by atoms with van der Waals surface area (Å²) in [4.78, 5) is 21.7. The summed E-state index contributed by atoms with van der Waals surface area (Å²) in [7, 11) is 0. The van der Waals surface area contributed by atoms with Gasteiger partial charge in [-0.2, -0.15) is 10.1 Å². The molecule has 1 atom stereocenters. The van der Waals surface area contributed by atoms with E-state index in [0.717, 1.165) is 59.6 Å². The monoisotopic (exact) mass is 485 g/mol. The van der Waals surface area contributed by atoms with E-state index in [-0.39, 0.29) is 23.2 Å². The number of anilines is 2. The Kier molecular flexibility index (Phi) is 6.30. The van der Waals surface area contributed by atoms with E-state index in [4.69, 9.17) is 4.52 Å². The van der Waals surface area contributed by atoms with Gasteiger partial charge in [-0.3, -0.25) is 9.89 Å². The van der Waals surface area contributed by atoms with Crippen LogP contribution >= 0.6 is 0 Å². The van der Waals surface area contributed by atoms with Crippen molar-refractivity contribution in [3.63, 3.8) is 0 Å². The fourth-order valence-electron chi connectivity index (χ4n) is 4.46. The van der Waals surface area contributed by atoms with Gasteiger partial charge in [-0.1, -0.05) is 50.5 Å². The maximum absolute atomic E-state index is 12.9. The summed E-state index contributed by atoms with van der Waals surface area (Å²) in [6.45, 7) is 7.86. The lowest BCUT2D eigenvalue weighted by molar-refractivity contribution is 0.0921. The molecule has 3 N–H and O–H groups in total. The SMILES string of the molecule is Cc1n[nH]cc1Nc1cc(-c2ccc3c(c2)CCCCC3NC(=O)c2noc(C(C)(C)C)n2)ccn1. The maximum Gasteiger partial charge on any atom is 0.293 e. The molecule has 3 aromatic heterocycles. The average Bonchev–Trinajstić information content (AvgIpc) is 3.46. The molecule has 0 radical (unpaired) electrons. The molecule has 1 aliphatic carbocycles. The molecule has 1 amide bonds. The predicted molar refractivity (Wildman–Crippen MR) is 137 cm³/mol. The van der Waals surface area contributed by atoms with Crippen LogP contribution in [0.5, 0.6) is 0 Å². The van der Waals surface area contributed by atoms with Crippen LogP contribution in [0.25, 0.3) is 11.1 Å². The lowest BCUT2D eigenvalue weighted by Crippen LogP contribution is -2.29. The highest BCUT2D eigenvalue weighted by molar-refractivity contribution is 5.90. The first-order valence-corrected chi connectivity index (χ1v) is 12.3. The van der Waals surface area contributed by atoms with Gasteiger partial charge in [0.1, 0.15) is 5.82 Å². The Hall–Kier alpha value is -4.01. The third-order valence-electron chi connectivity index (χ3n) is 6.47. The molecule has 4 aromatic rings. The minimum atomic E-state index is -0.310. The number of amides is 1. The van der Waals surface area contributed by atoms with Gasteiger partial charge in [-0.25, -0.2) is 4.98 Å². The van der Waals surface area contributed by atoms with Gasteiger partial charge < -0.3 is 15.2 Å². The Balaban J connectivity index is 1.37. The molecule has 0 saturated heterocycles. The molecule has 36 heavy (non-hydrogen) atoms. The van der Waals surface area contributed by atoms with Crippen LogP contribution in [0.15, 0.2) is 47.2 Å². The van der Waals surface area contributed by atoms with Crippen molar-refractivity contribution < 1.29 is 9.32 Å². The van der Waals surface area contributed by atoms with Gasteiger partial charge in [0, 0.05) is 17.8 Å². The van der Waals surface area contributed by atoms with Gasteiger partial charge in [0.2, 0.25) is 5.89 Å². The van der Waals surface area contributed by atoms with E-state index in [0.29, 0.717) is 5.89 Å². The van der Waals surface area contributed by atoms with E-state index in [1.54, 1.807) is 6.20 Å². The molecule has 1 aliphatic rings. The fraction of sp³-hybridized carbons (Fsp3) is 0.370. The van der Waals surface area contributed by atoms with E-state index >= 15 is 0 Å². The standard InChI is InChI=1S/C27H31N7O2/c1-16-22(15-29-33-16)30-23-14-18(11-12-28-23)17-9-10-20-19(13-17)7-5-6-8-21(20)31-25(35)24-32-26(36-34-24)27(2,3)4/h9-15,21H,5-8H2,1-4H3,(H,28,30)(H,29,33)(H,31,35). The minimum Gasteiger partial charge on any atom is -0.342 e. The lowest BCUT2D eigenvalue weighted by Gasteiger charge is -2.19. The van der Waals surface area contributed by atoms with Crippen molar-refractivity contribution in [1.82, 2.24) is 30.6 Å². The maximum atomic E-state index is 12.9. The molecule has 0 bridgehead atoms. The van der Waals surface area contributed by atoms with Crippen molar-refractivity contribution in [2.75, 3.05) is 5.32 Å². The Labute approximate surface area is 210 Å². The number of pyridine rings is 1. The molecule has 186 valence electrons. The number of carbonyl (C=O) groups is 1. The van der Waals surface area contributed by atoms with Crippen LogP contribution in [-0.4, -0.2) is 31.2 Å². The first kappa shape index (κ1) is 23.7. The topological polar surface area (TPSA) is 122 Å². The van der Waals surface area contributed by atoms with Crippen molar-refractivity contribution in [3.05, 3.63) is 71.3 Å². The molecular weight excluding hydrogens is 454 g/mol. The smallest absolute Gasteiger partial charge is 0.293 e. The molecule has 0 aliphatic heterocycles. The van der Waals surface area contributed by atoms with Crippen LogP contribution in [0.3, 0.4) is 0 Å². The Morgan fingerprint density at radius 2 is 1.97 bits per heavy atom. The van der Waals surface area contributed by atoms with Crippen LogP contribution in [0.2, 0.25) is 0 Å². The summed E-state index contributed by atoms with van der Waals surface area (Å²) >= 11 is 0. The van der Waals surface area contributed by atoms with Gasteiger partial charge in [0.15, 0.2) is 0 Å². The molecule has 9 nitrogen and oxygen atoms in total. The second-order valence-electron chi connectivity index (χ2n) is 10.3. The normalized spacial score (nSPS) is 15.7. The average molecular weight is 486 g/mol. The van der Waals surface area contributed by atoms with Gasteiger partial charge in [-0.15, -0.1) is 0 Å². The van der Waals surface area contributed by atoms with Crippen LogP contribution in [0.4, 0.5) is 11.5 Å². The minimum absolute atomic E-state index is 0.0759. The molecule has 0 spiro atoms. The third-order valence-corrected chi connectivity index (χ3v) is 6.47. The highest BCUT2D eigenvalue weighted by Gasteiger charge is 2.27. The molecule has 5 rings (SSSR count). The van der Waals surface area contributed by atoms with Crippen molar-refractivity contribution in [3.8, 4) is 11.1 Å².